The Balaban J connectivity index is 1.81. The average Bonchev–Trinajstić information content (AvgIpc) is 2.42. The number of rotatable bonds is 5. The molecule has 2 N–H and O–H groups in total. The number of hydrogen-bond donors (Lipinski definition) is 1. The Morgan fingerprint density at radius 2 is 2.11 bits per heavy atom. The number of ether oxygens (including phenoxy) is 2. The highest BCUT2D eigenvalue weighted by Crippen LogP contribution is 2.17. The Morgan fingerprint density at radius 1 is 1.33 bits per heavy atom. The lowest BCUT2D eigenvalue weighted by Gasteiger charge is -2.21. The molecule has 4 heteroatoms. The van der Waals surface area contributed by atoms with Gasteiger partial charge >= 0.3 is 0 Å². The van der Waals surface area contributed by atoms with Crippen LogP contribution in [0.25, 0.3) is 0 Å². The Labute approximate surface area is 107 Å². The highest BCUT2D eigenvalue weighted by molar-refractivity contribution is 5.24. The Bertz CT molecular complexity index is 378. The van der Waals surface area contributed by atoms with Crippen LogP contribution in [0.15, 0.2) is 18.2 Å². The third-order valence-electron chi connectivity index (χ3n) is 3.30. The molecule has 18 heavy (non-hydrogen) atoms. The van der Waals surface area contributed by atoms with Crippen molar-refractivity contribution in [2.24, 2.45) is 11.7 Å². The standard InChI is InChI=1S/C14H20FNO2/c15-14-2-1-12(8-16)7-13(14)10-18-9-11-3-5-17-6-4-11/h1-2,7,11H,3-6,8-10,16H2. The average molecular weight is 253 g/mol. The molecule has 0 spiro atoms. The van der Waals surface area contributed by atoms with Crippen molar-refractivity contribution in [2.45, 2.75) is 26.0 Å². The van der Waals surface area contributed by atoms with Gasteiger partial charge in [0.15, 0.2) is 0 Å². The van der Waals surface area contributed by atoms with Crippen molar-refractivity contribution in [1.82, 2.24) is 0 Å². The zero-order valence-electron chi connectivity index (χ0n) is 10.5. The van der Waals surface area contributed by atoms with Gasteiger partial charge in [-0.25, -0.2) is 4.39 Å². The first-order chi connectivity index (χ1) is 8.79. The predicted molar refractivity (Wildman–Crippen MR) is 67.5 cm³/mol. The van der Waals surface area contributed by atoms with Gasteiger partial charge < -0.3 is 15.2 Å². The van der Waals surface area contributed by atoms with E-state index in [1.165, 1.54) is 6.07 Å². The van der Waals surface area contributed by atoms with Gasteiger partial charge in [0.05, 0.1) is 13.2 Å². The van der Waals surface area contributed by atoms with Crippen molar-refractivity contribution in [1.29, 1.82) is 0 Å². The van der Waals surface area contributed by atoms with E-state index in [9.17, 15) is 4.39 Å². The van der Waals surface area contributed by atoms with E-state index in [0.29, 0.717) is 31.2 Å². The van der Waals surface area contributed by atoms with Crippen LogP contribution in [-0.4, -0.2) is 19.8 Å². The summed E-state index contributed by atoms with van der Waals surface area (Å²) in [5.74, 6) is 0.318. The van der Waals surface area contributed by atoms with Crippen LogP contribution in [-0.2, 0) is 22.6 Å². The first-order valence-corrected chi connectivity index (χ1v) is 6.42. The van der Waals surface area contributed by atoms with Crippen LogP contribution in [0.3, 0.4) is 0 Å². The maximum atomic E-state index is 13.5. The second-order valence-corrected chi connectivity index (χ2v) is 4.70. The maximum absolute atomic E-state index is 13.5. The SMILES string of the molecule is NCc1ccc(F)c(COCC2CCOCC2)c1. The van der Waals surface area contributed by atoms with Crippen LogP contribution >= 0.6 is 0 Å². The topological polar surface area (TPSA) is 44.5 Å². The number of benzene rings is 1. The number of halogens is 1. The number of hydrogen-bond acceptors (Lipinski definition) is 3. The minimum Gasteiger partial charge on any atom is -0.381 e. The van der Waals surface area contributed by atoms with E-state index < -0.39 is 0 Å². The Kier molecular flexibility index (Phi) is 5.11. The molecule has 1 aliphatic heterocycles. The minimum absolute atomic E-state index is 0.223. The summed E-state index contributed by atoms with van der Waals surface area (Å²) in [5, 5.41) is 0. The zero-order valence-corrected chi connectivity index (χ0v) is 10.5. The fourth-order valence-electron chi connectivity index (χ4n) is 2.11. The quantitative estimate of drug-likeness (QED) is 0.875. The number of nitrogens with two attached hydrogens (primary N) is 1. The fraction of sp³-hybridized carbons (Fsp3) is 0.571. The molecule has 1 aromatic carbocycles. The third-order valence-corrected chi connectivity index (χ3v) is 3.30. The molecule has 1 saturated heterocycles. The van der Waals surface area contributed by atoms with Crippen molar-refractivity contribution in [2.75, 3.05) is 19.8 Å². The van der Waals surface area contributed by atoms with Gasteiger partial charge in [-0.2, -0.15) is 0 Å². The van der Waals surface area contributed by atoms with Crippen molar-refractivity contribution < 1.29 is 13.9 Å². The molecule has 0 radical (unpaired) electrons. The smallest absolute Gasteiger partial charge is 0.128 e. The Morgan fingerprint density at radius 3 is 2.83 bits per heavy atom. The molecule has 3 nitrogen and oxygen atoms in total. The zero-order chi connectivity index (χ0) is 12.8. The molecule has 1 heterocycles. The molecule has 1 fully saturated rings. The third kappa shape index (κ3) is 3.77. The molecule has 0 amide bonds. The Hall–Kier alpha value is -0.970. The molecule has 0 saturated carbocycles. The van der Waals surface area contributed by atoms with Crippen LogP contribution in [0, 0.1) is 11.7 Å². The van der Waals surface area contributed by atoms with E-state index in [2.05, 4.69) is 0 Å². The van der Waals surface area contributed by atoms with Crippen LogP contribution in [0.5, 0.6) is 0 Å². The van der Waals surface area contributed by atoms with Gasteiger partial charge in [-0.15, -0.1) is 0 Å². The van der Waals surface area contributed by atoms with E-state index in [0.717, 1.165) is 31.6 Å². The van der Waals surface area contributed by atoms with E-state index in [4.69, 9.17) is 15.2 Å². The molecular formula is C14H20FNO2. The summed E-state index contributed by atoms with van der Waals surface area (Å²) < 4.78 is 24.4. The molecule has 0 aromatic heterocycles. The van der Waals surface area contributed by atoms with Crippen LogP contribution in [0.4, 0.5) is 4.39 Å². The molecule has 0 bridgehead atoms. The second-order valence-electron chi connectivity index (χ2n) is 4.70. The maximum Gasteiger partial charge on any atom is 0.128 e. The van der Waals surface area contributed by atoms with E-state index in [1.807, 2.05) is 0 Å². The predicted octanol–water partition coefficient (Wildman–Crippen LogP) is 2.23. The van der Waals surface area contributed by atoms with Crippen molar-refractivity contribution in [3.63, 3.8) is 0 Å². The van der Waals surface area contributed by atoms with Crippen molar-refractivity contribution >= 4 is 0 Å². The fourth-order valence-corrected chi connectivity index (χ4v) is 2.11. The first kappa shape index (κ1) is 13.5. The summed E-state index contributed by atoms with van der Waals surface area (Å²) in [6, 6.07) is 4.94. The van der Waals surface area contributed by atoms with Gasteiger partial charge in [-0.05, 0) is 36.5 Å². The highest BCUT2D eigenvalue weighted by atomic mass is 19.1. The summed E-state index contributed by atoms with van der Waals surface area (Å²) in [6.45, 7) is 3.04. The van der Waals surface area contributed by atoms with Crippen LogP contribution < -0.4 is 5.73 Å². The monoisotopic (exact) mass is 253 g/mol. The lowest BCUT2D eigenvalue weighted by Crippen LogP contribution is -2.20. The highest BCUT2D eigenvalue weighted by Gasteiger charge is 2.14. The summed E-state index contributed by atoms with van der Waals surface area (Å²) in [6.07, 6.45) is 2.07. The normalized spacial score (nSPS) is 17.0. The lowest BCUT2D eigenvalue weighted by molar-refractivity contribution is 0.0151. The summed E-state index contributed by atoms with van der Waals surface area (Å²) >= 11 is 0. The molecule has 1 aliphatic rings. The van der Waals surface area contributed by atoms with Crippen LogP contribution in [0.2, 0.25) is 0 Å². The van der Waals surface area contributed by atoms with Gasteiger partial charge in [0, 0.05) is 25.3 Å². The first-order valence-electron chi connectivity index (χ1n) is 6.42. The van der Waals surface area contributed by atoms with Crippen molar-refractivity contribution in [3.8, 4) is 0 Å². The van der Waals surface area contributed by atoms with Gasteiger partial charge in [-0.1, -0.05) is 6.07 Å². The second kappa shape index (κ2) is 6.83. The molecule has 0 unspecified atom stereocenters. The molecule has 100 valence electrons. The molecule has 0 aliphatic carbocycles. The largest absolute Gasteiger partial charge is 0.381 e. The molecule has 1 aromatic rings. The van der Waals surface area contributed by atoms with Crippen molar-refractivity contribution in [3.05, 3.63) is 35.1 Å². The molecule has 2 rings (SSSR count). The summed E-state index contributed by atoms with van der Waals surface area (Å²) in [7, 11) is 0. The van der Waals surface area contributed by atoms with Gasteiger partial charge in [0.1, 0.15) is 5.82 Å². The van der Waals surface area contributed by atoms with Gasteiger partial charge in [0.2, 0.25) is 0 Å². The minimum atomic E-state index is -0.223. The van der Waals surface area contributed by atoms with E-state index in [1.54, 1.807) is 12.1 Å². The lowest BCUT2D eigenvalue weighted by atomic mass is 10.0. The summed E-state index contributed by atoms with van der Waals surface area (Å²) in [5.41, 5.74) is 7.06. The van der Waals surface area contributed by atoms with Gasteiger partial charge in [-0.3, -0.25) is 0 Å². The van der Waals surface area contributed by atoms with Gasteiger partial charge in [0.25, 0.3) is 0 Å². The molecular weight excluding hydrogens is 233 g/mol. The van der Waals surface area contributed by atoms with E-state index >= 15 is 0 Å². The van der Waals surface area contributed by atoms with Crippen LogP contribution in [0.1, 0.15) is 24.0 Å². The van der Waals surface area contributed by atoms with E-state index in [-0.39, 0.29) is 5.82 Å². The summed E-state index contributed by atoms with van der Waals surface area (Å²) in [4.78, 5) is 0. The molecule has 0 atom stereocenters.